The van der Waals surface area contributed by atoms with Crippen molar-refractivity contribution in [3.05, 3.63) is 59.0 Å². The summed E-state index contributed by atoms with van der Waals surface area (Å²) in [5, 5.41) is 2.10. The average molecular weight is 316 g/mol. The molecule has 0 spiro atoms. The number of anilines is 1. The van der Waals surface area contributed by atoms with E-state index >= 15 is 0 Å². The SMILES string of the molecule is O=C(C=Cc1ccco1)Nc1ccc(Cl)cc1C(F)(F)F. The number of amides is 1. The smallest absolute Gasteiger partial charge is 0.418 e. The van der Waals surface area contributed by atoms with Crippen molar-refractivity contribution in [2.75, 3.05) is 5.32 Å². The molecule has 0 radical (unpaired) electrons. The number of alkyl halides is 3. The van der Waals surface area contributed by atoms with Crippen molar-refractivity contribution in [2.45, 2.75) is 6.18 Å². The summed E-state index contributed by atoms with van der Waals surface area (Å²) in [6.07, 6.45) is -0.775. The lowest BCUT2D eigenvalue weighted by atomic mass is 10.1. The summed E-state index contributed by atoms with van der Waals surface area (Å²) >= 11 is 5.55. The van der Waals surface area contributed by atoms with Crippen molar-refractivity contribution < 1.29 is 22.4 Å². The van der Waals surface area contributed by atoms with Crippen LogP contribution in [0.5, 0.6) is 0 Å². The van der Waals surface area contributed by atoms with E-state index in [1.54, 1.807) is 12.1 Å². The van der Waals surface area contributed by atoms with Crippen molar-refractivity contribution in [3.63, 3.8) is 0 Å². The molecule has 0 saturated heterocycles. The molecule has 21 heavy (non-hydrogen) atoms. The quantitative estimate of drug-likeness (QED) is 0.841. The van der Waals surface area contributed by atoms with E-state index in [1.807, 2.05) is 0 Å². The summed E-state index contributed by atoms with van der Waals surface area (Å²) in [6, 6.07) is 6.35. The van der Waals surface area contributed by atoms with Gasteiger partial charge in [0, 0.05) is 11.1 Å². The molecule has 0 bridgehead atoms. The highest BCUT2D eigenvalue weighted by Crippen LogP contribution is 2.36. The first-order chi connectivity index (χ1) is 9.86. The summed E-state index contributed by atoms with van der Waals surface area (Å²) in [5.74, 6) is -0.295. The van der Waals surface area contributed by atoms with E-state index in [2.05, 4.69) is 5.32 Å². The Kier molecular flexibility index (Phi) is 4.37. The summed E-state index contributed by atoms with van der Waals surface area (Å²) < 4.78 is 43.5. The third kappa shape index (κ3) is 4.13. The molecule has 1 heterocycles. The number of hydrogen-bond acceptors (Lipinski definition) is 2. The summed E-state index contributed by atoms with van der Waals surface area (Å²) in [7, 11) is 0. The zero-order valence-corrected chi connectivity index (χ0v) is 11.2. The molecule has 7 heteroatoms. The molecule has 1 amide bonds. The first-order valence-corrected chi connectivity index (χ1v) is 6.13. The second-order valence-corrected chi connectivity index (χ2v) is 4.46. The van der Waals surface area contributed by atoms with Gasteiger partial charge in [-0.2, -0.15) is 13.2 Å². The van der Waals surface area contributed by atoms with Gasteiger partial charge in [-0.1, -0.05) is 11.6 Å². The Morgan fingerprint density at radius 3 is 2.67 bits per heavy atom. The van der Waals surface area contributed by atoms with E-state index < -0.39 is 17.6 Å². The Bertz CT molecular complexity index is 663. The number of carbonyl (C=O) groups is 1. The van der Waals surface area contributed by atoms with Crippen LogP contribution in [0.15, 0.2) is 47.1 Å². The van der Waals surface area contributed by atoms with E-state index in [-0.39, 0.29) is 10.7 Å². The molecule has 1 aromatic carbocycles. The zero-order valence-electron chi connectivity index (χ0n) is 10.4. The summed E-state index contributed by atoms with van der Waals surface area (Å²) in [5.41, 5.74) is -1.37. The number of nitrogens with one attached hydrogen (secondary N) is 1. The highest BCUT2D eigenvalue weighted by molar-refractivity contribution is 6.30. The molecule has 0 saturated carbocycles. The van der Waals surface area contributed by atoms with Crippen LogP contribution in [-0.4, -0.2) is 5.91 Å². The lowest BCUT2D eigenvalue weighted by Gasteiger charge is -2.13. The lowest BCUT2D eigenvalue weighted by molar-refractivity contribution is -0.136. The topological polar surface area (TPSA) is 42.2 Å². The minimum absolute atomic E-state index is 0.0635. The fraction of sp³-hybridized carbons (Fsp3) is 0.0714. The molecule has 2 aromatic rings. The highest BCUT2D eigenvalue weighted by atomic mass is 35.5. The van der Waals surface area contributed by atoms with Gasteiger partial charge in [-0.3, -0.25) is 4.79 Å². The van der Waals surface area contributed by atoms with E-state index in [0.29, 0.717) is 5.76 Å². The van der Waals surface area contributed by atoms with Crippen LogP contribution in [0.25, 0.3) is 6.08 Å². The molecule has 110 valence electrons. The number of carbonyl (C=O) groups excluding carboxylic acids is 1. The fourth-order valence-electron chi connectivity index (χ4n) is 1.58. The predicted octanol–water partition coefficient (Wildman–Crippen LogP) is 4.60. The minimum Gasteiger partial charge on any atom is -0.465 e. The fourth-order valence-corrected chi connectivity index (χ4v) is 1.75. The van der Waals surface area contributed by atoms with Crippen molar-refractivity contribution in [3.8, 4) is 0 Å². The number of rotatable bonds is 3. The van der Waals surface area contributed by atoms with Crippen LogP contribution in [0, 0.1) is 0 Å². The molecule has 0 fully saturated rings. The Hall–Kier alpha value is -2.21. The first-order valence-electron chi connectivity index (χ1n) is 5.75. The first kappa shape index (κ1) is 15.2. The molecule has 2 rings (SSSR count). The molecular weight excluding hydrogens is 307 g/mol. The minimum atomic E-state index is -4.61. The Morgan fingerprint density at radius 2 is 2.05 bits per heavy atom. The standard InChI is InChI=1S/C14H9ClF3NO2/c15-9-3-5-12(11(8-9)14(16,17)18)19-13(20)6-4-10-2-1-7-21-10/h1-8H,(H,19,20). The number of furan rings is 1. The third-order valence-electron chi connectivity index (χ3n) is 2.49. The second kappa shape index (κ2) is 6.05. The molecule has 1 N–H and O–H groups in total. The number of benzene rings is 1. The molecule has 0 atom stereocenters. The molecule has 3 nitrogen and oxygen atoms in total. The summed E-state index contributed by atoms with van der Waals surface area (Å²) in [6.45, 7) is 0. The van der Waals surface area contributed by atoms with Crippen LogP contribution in [0.2, 0.25) is 5.02 Å². The number of hydrogen-bond donors (Lipinski definition) is 1. The second-order valence-electron chi connectivity index (χ2n) is 4.03. The molecule has 0 aliphatic heterocycles. The number of halogens is 4. The van der Waals surface area contributed by atoms with Gasteiger partial charge in [0.25, 0.3) is 0 Å². The monoisotopic (exact) mass is 315 g/mol. The normalized spacial score (nSPS) is 11.8. The van der Waals surface area contributed by atoms with Crippen molar-refractivity contribution in [1.29, 1.82) is 0 Å². The van der Waals surface area contributed by atoms with E-state index in [0.717, 1.165) is 18.2 Å². The Balaban J connectivity index is 2.18. The lowest BCUT2D eigenvalue weighted by Crippen LogP contribution is -2.14. The van der Waals surface area contributed by atoms with E-state index in [4.69, 9.17) is 16.0 Å². The van der Waals surface area contributed by atoms with Gasteiger partial charge in [0.15, 0.2) is 0 Å². The maximum atomic E-state index is 12.8. The van der Waals surface area contributed by atoms with Crippen molar-refractivity contribution >= 4 is 29.3 Å². The molecule has 0 aliphatic rings. The van der Waals surface area contributed by atoms with Crippen molar-refractivity contribution in [1.82, 2.24) is 0 Å². The Labute approximate surface area is 123 Å². The van der Waals surface area contributed by atoms with Crippen LogP contribution >= 0.6 is 11.6 Å². The maximum absolute atomic E-state index is 12.8. The summed E-state index contributed by atoms with van der Waals surface area (Å²) in [4.78, 5) is 11.6. The molecule has 0 unspecified atom stereocenters. The highest BCUT2D eigenvalue weighted by Gasteiger charge is 2.34. The van der Waals surface area contributed by atoms with Crippen LogP contribution in [0.4, 0.5) is 18.9 Å². The predicted molar refractivity (Wildman–Crippen MR) is 72.8 cm³/mol. The van der Waals surface area contributed by atoms with Gasteiger partial charge in [0.05, 0.1) is 17.5 Å². The third-order valence-corrected chi connectivity index (χ3v) is 2.72. The van der Waals surface area contributed by atoms with Crippen LogP contribution < -0.4 is 5.32 Å². The van der Waals surface area contributed by atoms with Gasteiger partial charge >= 0.3 is 6.18 Å². The molecule has 0 aliphatic carbocycles. The van der Waals surface area contributed by atoms with Crippen LogP contribution in [0.1, 0.15) is 11.3 Å². The van der Waals surface area contributed by atoms with Gasteiger partial charge in [-0.05, 0) is 36.4 Å². The van der Waals surface area contributed by atoms with Gasteiger partial charge in [-0.15, -0.1) is 0 Å². The maximum Gasteiger partial charge on any atom is 0.418 e. The average Bonchev–Trinajstić information content (AvgIpc) is 2.90. The van der Waals surface area contributed by atoms with Crippen LogP contribution in [0.3, 0.4) is 0 Å². The van der Waals surface area contributed by atoms with Crippen molar-refractivity contribution in [2.24, 2.45) is 0 Å². The molecule has 1 aromatic heterocycles. The van der Waals surface area contributed by atoms with Gasteiger partial charge in [-0.25, -0.2) is 0 Å². The van der Waals surface area contributed by atoms with E-state index in [9.17, 15) is 18.0 Å². The van der Waals surface area contributed by atoms with Gasteiger partial charge in [0.1, 0.15) is 5.76 Å². The zero-order chi connectivity index (χ0) is 15.5. The molecular formula is C14H9ClF3NO2. The largest absolute Gasteiger partial charge is 0.465 e. The van der Waals surface area contributed by atoms with Crippen LogP contribution in [-0.2, 0) is 11.0 Å². The van der Waals surface area contributed by atoms with Gasteiger partial charge in [0.2, 0.25) is 5.91 Å². The van der Waals surface area contributed by atoms with Gasteiger partial charge < -0.3 is 9.73 Å². The van der Waals surface area contributed by atoms with E-state index in [1.165, 1.54) is 18.4 Å². The Morgan fingerprint density at radius 1 is 1.29 bits per heavy atom.